The fourth-order valence-corrected chi connectivity index (χ4v) is 3.64. The summed E-state index contributed by atoms with van der Waals surface area (Å²) in [6.07, 6.45) is 1.55. The second-order valence-corrected chi connectivity index (χ2v) is 9.30. The van der Waals surface area contributed by atoms with Gasteiger partial charge in [0.2, 0.25) is 0 Å². The van der Waals surface area contributed by atoms with Crippen LogP contribution in [0.15, 0.2) is 53.6 Å². The van der Waals surface area contributed by atoms with Gasteiger partial charge in [-0.1, -0.05) is 24.0 Å². The van der Waals surface area contributed by atoms with Gasteiger partial charge in [0.25, 0.3) is 5.56 Å². The lowest BCUT2D eigenvalue weighted by molar-refractivity contribution is 0.00695. The van der Waals surface area contributed by atoms with Crippen molar-refractivity contribution in [2.75, 3.05) is 32.8 Å². The molecule has 7 heteroatoms. The summed E-state index contributed by atoms with van der Waals surface area (Å²) in [5.41, 5.74) is 2.11. The molecule has 1 aliphatic rings. The number of carbonyl (C=O) groups excluding carboxylic acids is 1. The lowest BCUT2D eigenvalue weighted by Gasteiger charge is -2.24. The van der Waals surface area contributed by atoms with E-state index in [1.54, 1.807) is 29.1 Å². The van der Waals surface area contributed by atoms with Crippen molar-refractivity contribution < 1.29 is 14.3 Å². The lowest BCUT2D eigenvalue weighted by atomic mass is 10.1. The van der Waals surface area contributed by atoms with Gasteiger partial charge in [-0.3, -0.25) is 14.3 Å². The van der Waals surface area contributed by atoms with Crippen LogP contribution in [0.25, 0.3) is 10.9 Å². The van der Waals surface area contributed by atoms with Crippen molar-refractivity contribution in [3.8, 4) is 11.8 Å². The van der Waals surface area contributed by atoms with Crippen molar-refractivity contribution in [1.82, 2.24) is 14.5 Å². The number of benzene rings is 2. The van der Waals surface area contributed by atoms with Crippen molar-refractivity contribution in [3.63, 3.8) is 0 Å². The van der Waals surface area contributed by atoms with Crippen LogP contribution in [0.3, 0.4) is 0 Å². The average molecular weight is 460 g/mol. The highest BCUT2D eigenvalue weighted by Gasteiger charge is 2.17. The number of nitrogens with zero attached hydrogens (tertiary/aromatic N) is 3. The SMILES string of the molecule is CC(C)(C)OC(=O)c1ccc(Cn2cnc3ccc(C#CCN4CCOCC4)cc3c2=O)cc1. The molecule has 0 spiro atoms. The summed E-state index contributed by atoms with van der Waals surface area (Å²) in [7, 11) is 0. The Kier molecular flexibility index (Phi) is 7.11. The number of hydrogen-bond acceptors (Lipinski definition) is 6. The number of fused-ring (bicyclic) bond motifs is 1. The van der Waals surface area contributed by atoms with Gasteiger partial charge >= 0.3 is 5.97 Å². The maximum Gasteiger partial charge on any atom is 0.338 e. The molecule has 1 aromatic heterocycles. The van der Waals surface area contributed by atoms with Crippen LogP contribution >= 0.6 is 0 Å². The Morgan fingerprint density at radius 3 is 2.56 bits per heavy atom. The predicted octanol–water partition coefficient (Wildman–Crippen LogP) is 3.08. The molecule has 1 saturated heterocycles. The highest BCUT2D eigenvalue weighted by molar-refractivity contribution is 5.89. The first-order valence-electron chi connectivity index (χ1n) is 11.4. The summed E-state index contributed by atoms with van der Waals surface area (Å²) in [6, 6.07) is 12.6. The zero-order valence-electron chi connectivity index (χ0n) is 19.8. The van der Waals surface area contributed by atoms with Crippen LogP contribution in [0.5, 0.6) is 0 Å². The summed E-state index contributed by atoms with van der Waals surface area (Å²) in [5.74, 6) is 5.98. The first-order valence-corrected chi connectivity index (χ1v) is 11.4. The van der Waals surface area contributed by atoms with Gasteiger partial charge in [0, 0.05) is 18.7 Å². The van der Waals surface area contributed by atoms with Crippen LogP contribution < -0.4 is 5.56 Å². The highest BCUT2D eigenvalue weighted by Crippen LogP contribution is 2.14. The number of esters is 1. The largest absolute Gasteiger partial charge is 0.456 e. The third-order valence-corrected chi connectivity index (χ3v) is 5.40. The standard InChI is InChI=1S/C27H29N3O4/c1-27(2,3)34-26(32)22-9-6-21(7-10-22)18-30-19-28-24-11-8-20(17-23(24)25(30)31)5-4-12-29-13-15-33-16-14-29/h6-11,17,19H,12-16,18H2,1-3H3. The maximum atomic E-state index is 13.1. The Morgan fingerprint density at radius 1 is 1.12 bits per heavy atom. The summed E-state index contributed by atoms with van der Waals surface area (Å²) in [6.45, 7) is 9.79. The van der Waals surface area contributed by atoms with Gasteiger partial charge < -0.3 is 9.47 Å². The number of hydrogen-bond donors (Lipinski definition) is 0. The van der Waals surface area contributed by atoms with Gasteiger partial charge in [-0.05, 0) is 56.7 Å². The molecule has 0 saturated carbocycles. The van der Waals surface area contributed by atoms with Crippen molar-refractivity contribution in [2.45, 2.75) is 32.9 Å². The van der Waals surface area contributed by atoms with Crippen LogP contribution in [0.4, 0.5) is 0 Å². The van der Waals surface area contributed by atoms with Gasteiger partial charge in [0.1, 0.15) is 5.60 Å². The van der Waals surface area contributed by atoms with E-state index in [0.29, 0.717) is 29.6 Å². The Bertz CT molecular complexity index is 1290. The molecule has 2 heterocycles. The van der Waals surface area contributed by atoms with Crippen LogP contribution in [-0.2, 0) is 16.0 Å². The number of morpholine rings is 1. The van der Waals surface area contributed by atoms with E-state index in [0.717, 1.165) is 37.4 Å². The minimum absolute atomic E-state index is 0.127. The van der Waals surface area contributed by atoms with Crippen LogP contribution in [0.2, 0.25) is 0 Å². The highest BCUT2D eigenvalue weighted by atomic mass is 16.6. The third kappa shape index (κ3) is 6.10. The second-order valence-electron chi connectivity index (χ2n) is 9.30. The number of aromatic nitrogens is 2. The quantitative estimate of drug-likeness (QED) is 0.441. The van der Waals surface area contributed by atoms with Crippen LogP contribution in [-0.4, -0.2) is 58.9 Å². The monoisotopic (exact) mass is 459 g/mol. The smallest absolute Gasteiger partial charge is 0.338 e. The molecule has 0 unspecified atom stereocenters. The molecule has 1 aliphatic heterocycles. The number of ether oxygens (including phenoxy) is 2. The second kappa shape index (κ2) is 10.2. The van der Waals surface area contributed by atoms with Crippen molar-refractivity contribution in [2.24, 2.45) is 0 Å². The van der Waals surface area contributed by atoms with Gasteiger partial charge in [-0.2, -0.15) is 0 Å². The van der Waals surface area contributed by atoms with Crippen molar-refractivity contribution in [3.05, 3.63) is 75.8 Å². The molecule has 0 N–H and O–H groups in total. The molecule has 1 fully saturated rings. The van der Waals surface area contributed by atoms with Gasteiger partial charge in [0.05, 0.1) is 49.1 Å². The Labute approximate surface area is 199 Å². The van der Waals surface area contributed by atoms with E-state index in [-0.39, 0.29) is 11.5 Å². The summed E-state index contributed by atoms with van der Waals surface area (Å²) in [5, 5.41) is 0.533. The van der Waals surface area contributed by atoms with Crippen LogP contribution in [0, 0.1) is 11.8 Å². The molecule has 2 aromatic carbocycles. The molecule has 0 bridgehead atoms. The zero-order valence-corrected chi connectivity index (χ0v) is 19.8. The number of rotatable bonds is 4. The number of carbonyl (C=O) groups is 1. The Hall–Kier alpha value is -3.47. The molecule has 0 amide bonds. The fraction of sp³-hybridized carbons (Fsp3) is 0.370. The summed E-state index contributed by atoms with van der Waals surface area (Å²) < 4.78 is 12.3. The maximum absolute atomic E-state index is 13.1. The topological polar surface area (TPSA) is 73.7 Å². The average Bonchev–Trinajstić information content (AvgIpc) is 2.81. The first kappa shape index (κ1) is 23.7. The normalized spacial score (nSPS) is 14.4. The van der Waals surface area contributed by atoms with E-state index in [2.05, 4.69) is 21.7 Å². The van der Waals surface area contributed by atoms with E-state index in [1.807, 2.05) is 45.0 Å². The molecule has 7 nitrogen and oxygen atoms in total. The molecule has 0 aliphatic carbocycles. The Morgan fingerprint density at radius 2 is 1.85 bits per heavy atom. The summed E-state index contributed by atoms with van der Waals surface area (Å²) >= 11 is 0. The lowest BCUT2D eigenvalue weighted by Crippen LogP contribution is -2.36. The van der Waals surface area contributed by atoms with Crippen LogP contribution in [0.1, 0.15) is 42.3 Å². The third-order valence-electron chi connectivity index (χ3n) is 5.40. The molecule has 4 rings (SSSR count). The zero-order chi connectivity index (χ0) is 24.1. The van der Waals surface area contributed by atoms with E-state index in [9.17, 15) is 9.59 Å². The van der Waals surface area contributed by atoms with Gasteiger partial charge in [-0.15, -0.1) is 0 Å². The van der Waals surface area contributed by atoms with Crippen molar-refractivity contribution in [1.29, 1.82) is 0 Å². The Balaban J connectivity index is 1.49. The molecule has 0 atom stereocenters. The predicted molar refractivity (Wildman–Crippen MR) is 131 cm³/mol. The minimum atomic E-state index is -0.550. The molecular formula is C27H29N3O4. The van der Waals surface area contributed by atoms with E-state index in [4.69, 9.17) is 9.47 Å². The molecule has 34 heavy (non-hydrogen) atoms. The fourth-order valence-electron chi connectivity index (χ4n) is 3.64. The molecule has 0 radical (unpaired) electrons. The van der Waals surface area contributed by atoms with Gasteiger partial charge in [-0.25, -0.2) is 9.78 Å². The van der Waals surface area contributed by atoms with Gasteiger partial charge in [0.15, 0.2) is 0 Å². The van der Waals surface area contributed by atoms with E-state index < -0.39 is 5.60 Å². The molecule has 176 valence electrons. The van der Waals surface area contributed by atoms with E-state index >= 15 is 0 Å². The van der Waals surface area contributed by atoms with E-state index in [1.165, 1.54) is 0 Å². The van der Waals surface area contributed by atoms with Crippen molar-refractivity contribution >= 4 is 16.9 Å². The molecular weight excluding hydrogens is 430 g/mol. The molecule has 3 aromatic rings. The first-order chi connectivity index (χ1) is 16.3. The summed E-state index contributed by atoms with van der Waals surface area (Å²) in [4.78, 5) is 32.0. The minimum Gasteiger partial charge on any atom is -0.456 e.